The summed E-state index contributed by atoms with van der Waals surface area (Å²) in [5, 5.41) is 13.9. The van der Waals surface area contributed by atoms with Crippen LogP contribution < -0.4 is 5.32 Å². The van der Waals surface area contributed by atoms with Crippen LogP contribution in [0.15, 0.2) is 42.5 Å². The van der Waals surface area contributed by atoms with E-state index in [2.05, 4.69) is 29.6 Å². The van der Waals surface area contributed by atoms with E-state index in [1.54, 1.807) is 19.1 Å². The van der Waals surface area contributed by atoms with E-state index < -0.39 is 4.92 Å². The quantitative estimate of drug-likeness (QED) is 0.657. The van der Waals surface area contributed by atoms with Gasteiger partial charge in [0.15, 0.2) is 0 Å². The van der Waals surface area contributed by atoms with Crippen molar-refractivity contribution in [1.29, 1.82) is 0 Å². The van der Waals surface area contributed by atoms with Crippen LogP contribution in [0, 0.1) is 24.0 Å². The van der Waals surface area contributed by atoms with Crippen LogP contribution in [-0.2, 0) is 0 Å². The van der Waals surface area contributed by atoms with Crippen LogP contribution >= 0.6 is 0 Å². The second-order valence-electron chi connectivity index (χ2n) is 6.40. The van der Waals surface area contributed by atoms with Gasteiger partial charge in [0.25, 0.3) is 5.69 Å². The first-order valence-corrected chi connectivity index (χ1v) is 8.35. The highest BCUT2D eigenvalue weighted by molar-refractivity contribution is 5.91. The van der Waals surface area contributed by atoms with E-state index >= 15 is 0 Å². The maximum absolute atomic E-state index is 12.7. The fraction of sp³-hybridized carbons (Fsp3) is 0.316. The van der Waals surface area contributed by atoms with E-state index in [4.69, 9.17) is 0 Å². The molecule has 1 atom stereocenters. The molecular formula is C19H21N3O3. The minimum Gasteiger partial charge on any atom is -0.317 e. The van der Waals surface area contributed by atoms with Gasteiger partial charge in [-0.1, -0.05) is 35.9 Å². The number of aryl methyl sites for hydroxylation is 1. The van der Waals surface area contributed by atoms with E-state index in [1.807, 2.05) is 11.8 Å². The number of carbonyl (C=O) groups is 1. The van der Waals surface area contributed by atoms with Gasteiger partial charge in [-0.15, -0.1) is 0 Å². The molecule has 0 aliphatic carbocycles. The van der Waals surface area contributed by atoms with Crippen LogP contribution in [-0.4, -0.2) is 22.4 Å². The first-order chi connectivity index (χ1) is 12.0. The SMILES string of the molecule is Cc1ccc([C@H]2CCCN2C(=O)Nc2cccc([N+](=O)[O-])c2C)cc1. The smallest absolute Gasteiger partial charge is 0.317 e. The molecule has 0 unspecified atom stereocenters. The summed E-state index contributed by atoms with van der Waals surface area (Å²) in [5.74, 6) is 0. The Balaban J connectivity index is 1.80. The molecule has 0 spiro atoms. The Morgan fingerprint density at radius 2 is 1.92 bits per heavy atom. The lowest BCUT2D eigenvalue weighted by Gasteiger charge is -2.25. The molecule has 6 heteroatoms. The number of carbonyl (C=O) groups excluding carboxylic acids is 1. The molecule has 2 aromatic carbocycles. The molecule has 130 valence electrons. The van der Waals surface area contributed by atoms with Crippen LogP contribution in [0.1, 0.15) is 35.6 Å². The monoisotopic (exact) mass is 339 g/mol. The zero-order chi connectivity index (χ0) is 18.0. The van der Waals surface area contributed by atoms with Gasteiger partial charge in [0.2, 0.25) is 0 Å². The highest BCUT2D eigenvalue weighted by Gasteiger charge is 2.30. The average Bonchev–Trinajstić information content (AvgIpc) is 3.07. The van der Waals surface area contributed by atoms with Crippen molar-refractivity contribution >= 4 is 17.4 Å². The van der Waals surface area contributed by atoms with Crippen LogP contribution in [0.4, 0.5) is 16.2 Å². The van der Waals surface area contributed by atoms with Crippen molar-refractivity contribution in [3.05, 3.63) is 69.3 Å². The van der Waals surface area contributed by atoms with Gasteiger partial charge in [0.05, 0.1) is 22.2 Å². The number of anilines is 1. The lowest BCUT2D eigenvalue weighted by atomic mass is 10.0. The summed E-state index contributed by atoms with van der Waals surface area (Å²) in [4.78, 5) is 25.2. The molecule has 0 aromatic heterocycles. The second-order valence-corrected chi connectivity index (χ2v) is 6.40. The molecule has 1 aliphatic rings. The van der Waals surface area contributed by atoms with Crippen LogP contribution in [0.2, 0.25) is 0 Å². The fourth-order valence-electron chi connectivity index (χ4n) is 3.29. The third-order valence-corrected chi connectivity index (χ3v) is 4.72. The molecule has 2 amide bonds. The number of nitro benzene ring substituents is 1. The Hall–Kier alpha value is -2.89. The summed E-state index contributed by atoms with van der Waals surface area (Å²) in [6.45, 7) is 4.36. The molecule has 1 saturated heterocycles. The molecule has 6 nitrogen and oxygen atoms in total. The summed E-state index contributed by atoms with van der Waals surface area (Å²) < 4.78 is 0. The minimum atomic E-state index is -0.435. The number of nitrogens with one attached hydrogen (secondary N) is 1. The van der Waals surface area contributed by atoms with E-state index in [-0.39, 0.29) is 17.8 Å². The molecule has 0 radical (unpaired) electrons. The van der Waals surface area contributed by atoms with Gasteiger partial charge in [0.1, 0.15) is 0 Å². The third-order valence-electron chi connectivity index (χ3n) is 4.72. The van der Waals surface area contributed by atoms with Gasteiger partial charge in [-0.2, -0.15) is 0 Å². The summed E-state index contributed by atoms with van der Waals surface area (Å²) >= 11 is 0. The minimum absolute atomic E-state index is 0.00862. The largest absolute Gasteiger partial charge is 0.322 e. The molecular weight excluding hydrogens is 318 g/mol. The summed E-state index contributed by atoms with van der Waals surface area (Å²) in [5.41, 5.74) is 3.26. The number of urea groups is 1. The Kier molecular flexibility index (Phi) is 4.70. The molecule has 1 heterocycles. The molecule has 1 fully saturated rings. The van der Waals surface area contributed by atoms with Gasteiger partial charge in [-0.05, 0) is 38.3 Å². The van der Waals surface area contributed by atoms with Gasteiger partial charge in [-0.25, -0.2) is 4.79 Å². The maximum atomic E-state index is 12.7. The Morgan fingerprint density at radius 3 is 2.60 bits per heavy atom. The molecule has 0 bridgehead atoms. The van der Waals surface area contributed by atoms with Gasteiger partial charge in [-0.3, -0.25) is 10.1 Å². The molecule has 25 heavy (non-hydrogen) atoms. The van der Waals surface area contributed by atoms with E-state index in [0.29, 0.717) is 17.8 Å². The Morgan fingerprint density at radius 1 is 1.20 bits per heavy atom. The lowest BCUT2D eigenvalue weighted by molar-refractivity contribution is -0.385. The van der Waals surface area contributed by atoms with E-state index in [0.717, 1.165) is 18.4 Å². The number of hydrogen-bond acceptors (Lipinski definition) is 3. The normalized spacial score (nSPS) is 16.7. The van der Waals surface area contributed by atoms with Crippen LogP contribution in [0.3, 0.4) is 0 Å². The van der Waals surface area contributed by atoms with Crippen molar-refractivity contribution < 1.29 is 9.72 Å². The lowest BCUT2D eigenvalue weighted by Crippen LogP contribution is -2.34. The number of hydrogen-bond donors (Lipinski definition) is 1. The summed E-state index contributed by atoms with van der Waals surface area (Å²) in [6.07, 6.45) is 1.87. The predicted octanol–water partition coefficient (Wildman–Crippen LogP) is 4.58. The second kappa shape index (κ2) is 6.93. The number of nitrogens with zero attached hydrogens (tertiary/aromatic N) is 2. The maximum Gasteiger partial charge on any atom is 0.322 e. The fourth-order valence-corrected chi connectivity index (χ4v) is 3.29. The van der Waals surface area contributed by atoms with Crippen molar-refractivity contribution in [2.75, 3.05) is 11.9 Å². The first kappa shape index (κ1) is 17.0. The summed E-state index contributed by atoms with van der Waals surface area (Å²) in [6, 6.07) is 12.8. The number of benzene rings is 2. The number of rotatable bonds is 3. The zero-order valence-corrected chi connectivity index (χ0v) is 14.4. The zero-order valence-electron chi connectivity index (χ0n) is 14.4. The van der Waals surface area contributed by atoms with Crippen LogP contribution in [0.5, 0.6) is 0 Å². The van der Waals surface area contributed by atoms with Crippen LogP contribution in [0.25, 0.3) is 0 Å². The number of amides is 2. The molecule has 0 saturated carbocycles. The number of likely N-dealkylation sites (tertiary alicyclic amines) is 1. The molecule has 3 rings (SSSR count). The average molecular weight is 339 g/mol. The highest BCUT2D eigenvalue weighted by atomic mass is 16.6. The molecule has 2 aromatic rings. The Bertz CT molecular complexity index is 802. The topological polar surface area (TPSA) is 75.5 Å². The first-order valence-electron chi connectivity index (χ1n) is 8.35. The van der Waals surface area contributed by atoms with Crippen molar-refractivity contribution in [3.63, 3.8) is 0 Å². The third kappa shape index (κ3) is 3.47. The van der Waals surface area contributed by atoms with E-state index in [1.165, 1.54) is 11.6 Å². The predicted molar refractivity (Wildman–Crippen MR) is 96.7 cm³/mol. The Labute approximate surface area is 146 Å². The van der Waals surface area contributed by atoms with Crippen molar-refractivity contribution in [1.82, 2.24) is 4.90 Å². The van der Waals surface area contributed by atoms with Crippen molar-refractivity contribution in [2.45, 2.75) is 32.7 Å². The molecule has 1 aliphatic heterocycles. The van der Waals surface area contributed by atoms with Gasteiger partial charge >= 0.3 is 6.03 Å². The number of nitro groups is 1. The summed E-state index contributed by atoms with van der Waals surface area (Å²) in [7, 11) is 0. The van der Waals surface area contributed by atoms with Crippen molar-refractivity contribution in [3.8, 4) is 0 Å². The van der Waals surface area contributed by atoms with E-state index in [9.17, 15) is 14.9 Å². The standard InChI is InChI=1S/C19H21N3O3/c1-13-8-10-15(11-9-13)18-7-4-12-21(18)19(23)20-16-5-3-6-17(14(16)2)22(24)25/h3,5-6,8-11,18H,4,7,12H2,1-2H3,(H,20,23)/t18-/m1/s1. The van der Waals surface area contributed by atoms with Crippen molar-refractivity contribution in [2.24, 2.45) is 0 Å². The van der Waals surface area contributed by atoms with Gasteiger partial charge < -0.3 is 10.2 Å². The highest BCUT2D eigenvalue weighted by Crippen LogP contribution is 2.33. The molecule has 1 N–H and O–H groups in total. The van der Waals surface area contributed by atoms with Gasteiger partial charge in [0, 0.05) is 12.6 Å².